The smallest absolute Gasteiger partial charge is 0.344 e. The molecule has 1 amide bonds. The summed E-state index contributed by atoms with van der Waals surface area (Å²) < 4.78 is 19.2. The molecule has 3 aromatic carbocycles. The van der Waals surface area contributed by atoms with E-state index in [9.17, 15) is 9.59 Å². The number of nitrogens with one attached hydrogen (secondary N) is 1. The number of benzene rings is 3. The van der Waals surface area contributed by atoms with Crippen molar-refractivity contribution in [3.05, 3.63) is 83.6 Å². The van der Waals surface area contributed by atoms with Crippen molar-refractivity contribution in [3.63, 3.8) is 0 Å². The van der Waals surface area contributed by atoms with Crippen LogP contribution in [0.15, 0.2) is 77.6 Å². The molecule has 0 bridgehead atoms. The highest BCUT2D eigenvalue weighted by Gasteiger charge is 2.15. The van der Waals surface area contributed by atoms with Gasteiger partial charge in [0.2, 0.25) is 0 Å². The average Bonchev–Trinajstić information content (AvgIpc) is 2.79. The number of hydrogen-bond acceptors (Lipinski definition) is 6. The van der Waals surface area contributed by atoms with Gasteiger partial charge in [0.15, 0.2) is 18.1 Å². The summed E-state index contributed by atoms with van der Waals surface area (Å²) in [7, 11) is 1.46. The molecule has 0 atom stereocenters. The fraction of sp³-hybridized carbons (Fsp3) is 0.0870. The molecule has 11 heteroatoms. The van der Waals surface area contributed by atoms with Gasteiger partial charge >= 0.3 is 5.97 Å². The molecule has 176 valence electrons. The lowest BCUT2D eigenvalue weighted by atomic mass is 10.2. The molecule has 0 aliphatic rings. The van der Waals surface area contributed by atoms with E-state index in [0.29, 0.717) is 36.0 Å². The molecular formula is C23H16Br4N2O5. The van der Waals surface area contributed by atoms with Gasteiger partial charge in [0, 0.05) is 8.95 Å². The van der Waals surface area contributed by atoms with Crippen molar-refractivity contribution in [2.45, 2.75) is 0 Å². The van der Waals surface area contributed by atoms with E-state index in [2.05, 4.69) is 74.2 Å². The number of carbonyl (C=O) groups is 2. The van der Waals surface area contributed by atoms with Gasteiger partial charge in [-0.1, -0.05) is 28.1 Å². The third-order valence-corrected chi connectivity index (χ3v) is 6.53. The Balaban J connectivity index is 1.59. The van der Waals surface area contributed by atoms with Gasteiger partial charge < -0.3 is 14.2 Å². The quantitative estimate of drug-likeness (QED) is 0.125. The van der Waals surface area contributed by atoms with Gasteiger partial charge in [-0.05, 0) is 95.8 Å². The number of esters is 1. The molecule has 0 spiro atoms. The summed E-state index contributed by atoms with van der Waals surface area (Å²) in [6, 6.07) is 15.5. The van der Waals surface area contributed by atoms with Crippen molar-refractivity contribution >= 4 is 81.8 Å². The molecule has 0 aliphatic heterocycles. The third-order valence-electron chi connectivity index (χ3n) is 4.20. The van der Waals surface area contributed by atoms with Crippen molar-refractivity contribution in [2.75, 3.05) is 13.7 Å². The first-order chi connectivity index (χ1) is 16.3. The van der Waals surface area contributed by atoms with Crippen molar-refractivity contribution in [2.24, 2.45) is 5.10 Å². The molecule has 34 heavy (non-hydrogen) atoms. The van der Waals surface area contributed by atoms with Gasteiger partial charge in [-0.25, -0.2) is 10.2 Å². The van der Waals surface area contributed by atoms with E-state index in [-0.39, 0.29) is 12.4 Å². The number of amides is 1. The molecule has 0 fully saturated rings. The summed E-state index contributed by atoms with van der Waals surface area (Å²) in [5.41, 5.74) is 3.41. The lowest BCUT2D eigenvalue weighted by Gasteiger charge is -2.11. The Morgan fingerprint density at radius 3 is 2.32 bits per heavy atom. The second kappa shape index (κ2) is 12.5. The maximum Gasteiger partial charge on any atom is 0.344 e. The molecule has 3 aromatic rings. The van der Waals surface area contributed by atoms with Crippen molar-refractivity contribution in [3.8, 4) is 17.2 Å². The molecule has 0 unspecified atom stereocenters. The highest BCUT2D eigenvalue weighted by molar-refractivity contribution is 9.11. The molecule has 0 saturated carbocycles. The van der Waals surface area contributed by atoms with Crippen LogP contribution in [0.2, 0.25) is 0 Å². The fourth-order valence-electron chi connectivity index (χ4n) is 2.65. The fourth-order valence-corrected chi connectivity index (χ4v) is 5.58. The molecular weight excluding hydrogens is 704 g/mol. The lowest BCUT2D eigenvalue weighted by Crippen LogP contribution is -2.24. The summed E-state index contributed by atoms with van der Waals surface area (Å²) in [6.07, 6.45) is 1.44. The Kier molecular flexibility index (Phi) is 9.69. The molecule has 0 aromatic heterocycles. The first-order valence-electron chi connectivity index (χ1n) is 9.52. The Labute approximate surface area is 229 Å². The van der Waals surface area contributed by atoms with E-state index in [0.717, 1.165) is 4.47 Å². The van der Waals surface area contributed by atoms with Gasteiger partial charge in [-0.15, -0.1) is 0 Å². The van der Waals surface area contributed by atoms with Crippen LogP contribution in [0, 0.1) is 0 Å². The van der Waals surface area contributed by atoms with E-state index < -0.39 is 11.9 Å². The van der Waals surface area contributed by atoms with Crippen LogP contribution < -0.4 is 19.6 Å². The Morgan fingerprint density at radius 2 is 1.65 bits per heavy atom. The van der Waals surface area contributed by atoms with Crippen LogP contribution in [0.3, 0.4) is 0 Å². The zero-order valence-electron chi connectivity index (χ0n) is 17.5. The largest absolute Gasteiger partial charge is 0.493 e. The van der Waals surface area contributed by atoms with Crippen LogP contribution >= 0.6 is 63.7 Å². The first-order valence-corrected chi connectivity index (χ1v) is 12.7. The summed E-state index contributed by atoms with van der Waals surface area (Å²) >= 11 is 13.5. The standard InChI is InChI=1S/C23H16Br4N2O5/c1-32-20-8-13(6-7-19(20)34-23(31)15-4-2-3-5-16(15)25)11-28-29-21(30)12-33-22-17(26)9-14(24)10-18(22)27/h2-11H,12H2,1H3,(H,29,30). The topological polar surface area (TPSA) is 86.2 Å². The minimum Gasteiger partial charge on any atom is -0.493 e. The van der Waals surface area contributed by atoms with Crippen LogP contribution in [-0.4, -0.2) is 31.8 Å². The zero-order chi connectivity index (χ0) is 24.7. The lowest BCUT2D eigenvalue weighted by molar-refractivity contribution is -0.123. The van der Waals surface area contributed by atoms with E-state index >= 15 is 0 Å². The molecule has 0 heterocycles. The minimum atomic E-state index is -0.525. The van der Waals surface area contributed by atoms with E-state index in [4.69, 9.17) is 14.2 Å². The second-order valence-corrected chi connectivity index (χ2v) is 10.0. The van der Waals surface area contributed by atoms with E-state index in [1.54, 1.807) is 42.5 Å². The van der Waals surface area contributed by atoms with Gasteiger partial charge in [0.05, 0.1) is 27.8 Å². The Bertz CT molecular complexity index is 1230. The maximum atomic E-state index is 12.5. The maximum absolute atomic E-state index is 12.5. The minimum absolute atomic E-state index is 0.233. The summed E-state index contributed by atoms with van der Waals surface area (Å²) in [5, 5.41) is 3.93. The van der Waals surface area contributed by atoms with E-state index in [1.807, 2.05) is 12.1 Å². The van der Waals surface area contributed by atoms with Crippen molar-refractivity contribution < 1.29 is 23.8 Å². The molecule has 0 aliphatic carbocycles. The summed E-state index contributed by atoms with van der Waals surface area (Å²) in [5.74, 6) is 0.125. The van der Waals surface area contributed by atoms with Gasteiger partial charge in [0.1, 0.15) is 5.75 Å². The van der Waals surface area contributed by atoms with Crippen LogP contribution in [0.5, 0.6) is 17.2 Å². The number of rotatable bonds is 8. The van der Waals surface area contributed by atoms with E-state index in [1.165, 1.54) is 13.3 Å². The first kappa shape index (κ1) is 26.4. The summed E-state index contributed by atoms with van der Waals surface area (Å²) in [6.45, 7) is -0.233. The zero-order valence-corrected chi connectivity index (χ0v) is 23.8. The SMILES string of the molecule is COc1cc(C=NNC(=O)COc2c(Br)cc(Br)cc2Br)ccc1OC(=O)c1ccccc1Br. The van der Waals surface area contributed by atoms with Gasteiger partial charge in [-0.2, -0.15) is 5.10 Å². The number of hydrazone groups is 1. The highest BCUT2D eigenvalue weighted by atomic mass is 79.9. The summed E-state index contributed by atoms with van der Waals surface area (Å²) in [4.78, 5) is 24.5. The predicted octanol–water partition coefficient (Wildman–Crippen LogP) is 6.49. The number of nitrogens with zero attached hydrogens (tertiary/aromatic N) is 1. The Morgan fingerprint density at radius 1 is 0.941 bits per heavy atom. The molecule has 1 N–H and O–H groups in total. The highest BCUT2D eigenvalue weighted by Crippen LogP contribution is 2.36. The van der Waals surface area contributed by atoms with Gasteiger partial charge in [-0.3, -0.25) is 4.79 Å². The van der Waals surface area contributed by atoms with Crippen molar-refractivity contribution in [1.29, 1.82) is 0 Å². The third kappa shape index (κ3) is 7.14. The molecule has 0 saturated heterocycles. The Hall–Kier alpha value is -2.21. The van der Waals surface area contributed by atoms with Crippen molar-refractivity contribution in [1.82, 2.24) is 5.43 Å². The van der Waals surface area contributed by atoms with Gasteiger partial charge in [0.25, 0.3) is 5.91 Å². The second-order valence-electron chi connectivity index (χ2n) is 6.56. The molecule has 3 rings (SSSR count). The molecule has 0 radical (unpaired) electrons. The van der Waals surface area contributed by atoms with Crippen LogP contribution in [-0.2, 0) is 4.79 Å². The van der Waals surface area contributed by atoms with Crippen LogP contribution in [0.1, 0.15) is 15.9 Å². The number of methoxy groups -OCH3 is 1. The van der Waals surface area contributed by atoms with Crippen LogP contribution in [0.4, 0.5) is 0 Å². The van der Waals surface area contributed by atoms with Crippen LogP contribution in [0.25, 0.3) is 0 Å². The monoisotopic (exact) mass is 716 g/mol. The predicted molar refractivity (Wildman–Crippen MR) is 143 cm³/mol. The molecule has 7 nitrogen and oxygen atoms in total. The number of halogens is 4. The average molecular weight is 720 g/mol. The number of ether oxygens (including phenoxy) is 3. The number of hydrogen-bond donors (Lipinski definition) is 1. The normalized spacial score (nSPS) is 10.7. The number of carbonyl (C=O) groups excluding carboxylic acids is 2.